The predicted octanol–water partition coefficient (Wildman–Crippen LogP) is 3.10. The van der Waals surface area contributed by atoms with E-state index >= 15 is 0 Å². The lowest BCUT2D eigenvalue weighted by molar-refractivity contribution is -0.893. The van der Waals surface area contributed by atoms with E-state index in [1.54, 1.807) is 41.5 Å². The van der Waals surface area contributed by atoms with Gasteiger partial charge in [-0.05, 0) is 60.8 Å². The van der Waals surface area contributed by atoms with Crippen molar-refractivity contribution in [2.45, 2.75) is 85.2 Å². The zero-order valence-electron chi connectivity index (χ0n) is 42.1. The molecule has 0 spiro atoms. The van der Waals surface area contributed by atoms with E-state index in [4.69, 9.17) is 65.4 Å². The zero-order valence-corrected chi connectivity index (χ0v) is 45.1. The number of aliphatic hydroxyl groups excluding tert-OH is 4. The summed E-state index contributed by atoms with van der Waals surface area (Å²) in [5, 5.41) is 40.7. The molecule has 0 aliphatic rings. The van der Waals surface area contributed by atoms with Gasteiger partial charge in [-0.2, -0.15) is 0 Å². The van der Waals surface area contributed by atoms with E-state index in [1.165, 1.54) is 0 Å². The minimum atomic E-state index is -1.55. The van der Waals surface area contributed by atoms with Gasteiger partial charge in [-0.15, -0.1) is 46.4 Å². The van der Waals surface area contributed by atoms with Crippen LogP contribution in [-0.2, 0) is 38.1 Å². The summed E-state index contributed by atoms with van der Waals surface area (Å²) in [6.45, 7) is 12.5. The number of nitrogens with zero attached hydrogens (tertiary/aromatic N) is 4. The van der Waals surface area contributed by atoms with Crippen molar-refractivity contribution in [2.75, 3.05) is 159 Å². The molecule has 0 aromatic heterocycles. The first-order valence-corrected chi connectivity index (χ1v) is 24.5. The number of rotatable bonds is 34. The lowest BCUT2D eigenvalue weighted by atomic mass is 9.62. The maximum atomic E-state index is 14.6. The molecule has 0 rings (SSSR count). The average molecular weight is 1020 g/mol. The van der Waals surface area contributed by atoms with Gasteiger partial charge in [-0.3, -0.25) is 19.2 Å². The highest BCUT2D eigenvalue weighted by molar-refractivity contribution is 6.18. The Kier molecular flexibility index (Phi) is 26.7. The van der Waals surface area contributed by atoms with Gasteiger partial charge in [0, 0.05) is 0 Å². The molecule has 0 bridgehead atoms. The molecular formula is C45H88Cl4N4O12+4. The number of halogens is 4. The van der Waals surface area contributed by atoms with Gasteiger partial charge in [0.2, 0.25) is 0 Å². The van der Waals surface area contributed by atoms with Gasteiger partial charge < -0.3 is 57.3 Å². The van der Waals surface area contributed by atoms with E-state index in [9.17, 15) is 39.6 Å². The summed E-state index contributed by atoms with van der Waals surface area (Å²) in [7, 11) is 15.0. The number of esters is 4. The molecule has 0 aliphatic heterocycles. The Morgan fingerprint density at radius 1 is 0.400 bits per heavy atom. The molecule has 20 heteroatoms. The van der Waals surface area contributed by atoms with E-state index < -0.39 is 70.0 Å². The first kappa shape index (κ1) is 63.7. The van der Waals surface area contributed by atoms with Crippen molar-refractivity contribution in [2.24, 2.45) is 21.7 Å². The third kappa shape index (κ3) is 24.7. The Balaban J connectivity index is 7.05. The van der Waals surface area contributed by atoms with Gasteiger partial charge >= 0.3 is 23.9 Å². The second-order valence-corrected chi connectivity index (χ2v) is 23.8. The normalized spacial score (nSPS) is 17.0. The topological polar surface area (TPSA) is 186 Å². The molecule has 0 aromatic rings. The molecule has 0 saturated heterocycles. The van der Waals surface area contributed by atoms with Crippen LogP contribution in [0.25, 0.3) is 0 Å². The SMILES string of the molecule is CC(C)(CC(C)(CC(C)(CC(C)(C)C(=O)OCC[N+](C)(C)CC(O)CCl)C(=O)OCC[N+](C)(C)CC(O)CCl)C(=O)OCC[N+](C)(C)CC(O)CCl)C(=O)OCC[N+](C)(C)CC(O)CCl. The Bertz CT molecular complexity index is 1380. The molecule has 0 fully saturated rings. The minimum Gasteiger partial charge on any atom is -0.459 e. The highest BCUT2D eigenvalue weighted by atomic mass is 35.5. The monoisotopic (exact) mass is 1020 g/mol. The number of alkyl halides is 4. The number of carbonyl (C=O) groups is 4. The van der Waals surface area contributed by atoms with Crippen molar-refractivity contribution >= 4 is 70.3 Å². The molecule has 0 aliphatic carbocycles. The lowest BCUT2D eigenvalue weighted by Gasteiger charge is -2.42. The van der Waals surface area contributed by atoms with Gasteiger partial charge in [0.15, 0.2) is 0 Å². The predicted molar refractivity (Wildman–Crippen MR) is 256 cm³/mol. The zero-order chi connectivity index (χ0) is 50.9. The van der Waals surface area contributed by atoms with Crippen LogP contribution in [0.5, 0.6) is 0 Å². The molecule has 0 amide bonds. The number of quaternary nitrogens is 4. The van der Waals surface area contributed by atoms with Gasteiger partial charge in [0.1, 0.15) is 103 Å². The third-order valence-electron chi connectivity index (χ3n) is 11.8. The van der Waals surface area contributed by atoms with Crippen molar-refractivity contribution < 1.29 is 76.5 Å². The molecule has 65 heavy (non-hydrogen) atoms. The van der Waals surface area contributed by atoms with E-state index in [0.29, 0.717) is 61.3 Å². The number of aliphatic hydroxyl groups is 4. The maximum absolute atomic E-state index is 14.6. The van der Waals surface area contributed by atoms with E-state index in [-0.39, 0.29) is 78.2 Å². The van der Waals surface area contributed by atoms with E-state index in [0.717, 1.165) is 0 Å². The largest absolute Gasteiger partial charge is 0.459 e. The lowest BCUT2D eigenvalue weighted by Crippen LogP contribution is -2.50. The van der Waals surface area contributed by atoms with Crippen LogP contribution in [0.4, 0.5) is 0 Å². The summed E-state index contributed by atoms with van der Waals surface area (Å²) in [6.07, 6.45) is -3.50. The highest BCUT2D eigenvalue weighted by Gasteiger charge is 2.53. The molecule has 384 valence electrons. The molecule has 6 atom stereocenters. The quantitative estimate of drug-likeness (QED) is 0.0320. The van der Waals surface area contributed by atoms with Crippen LogP contribution in [0.15, 0.2) is 0 Å². The molecule has 0 heterocycles. The van der Waals surface area contributed by atoms with Gasteiger partial charge in [-0.1, -0.05) is 0 Å². The molecule has 16 nitrogen and oxygen atoms in total. The molecular weight excluding hydrogens is 930 g/mol. The van der Waals surface area contributed by atoms with Crippen molar-refractivity contribution in [1.82, 2.24) is 0 Å². The maximum Gasteiger partial charge on any atom is 0.312 e. The smallest absolute Gasteiger partial charge is 0.312 e. The Morgan fingerprint density at radius 3 is 0.800 bits per heavy atom. The number of hydrogen-bond donors (Lipinski definition) is 4. The van der Waals surface area contributed by atoms with Crippen molar-refractivity contribution in [3.8, 4) is 0 Å². The van der Waals surface area contributed by atoms with Crippen molar-refractivity contribution in [3.05, 3.63) is 0 Å². The van der Waals surface area contributed by atoms with Crippen LogP contribution in [-0.4, -0.2) is 245 Å². The Labute approximate surface area is 410 Å². The van der Waals surface area contributed by atoms with Crippen molar-refractivity contribution in [1.29, 1.82) is 0 Å². The fourth-order valence-electron chi connectivity index (χ4n) is 8.49. The Hall–Kier alpha value is -1.28. The Morgan fingerprint density at radius 2 is 0.600 bits per heavy atom. The molecule has 0 saturated carbocycles. The van der Waals surface area contributed by atoms with Crippen LogP contribution in [0.1, 0.15) is 60.8 Å². The summed E-state index contributed by atoms with van der Waals surface area (Å²) in [6, 6.07) is 0. The minimum absolute atomic E-state index is 0.0209. The first-order valence-electron chi connectivity index (χ1n) is 22.4. The standard InChI is InChI=1S/C45H88Cl4N4O12/c1-42(2,38(58)62-19-15-50(7,8)27-34(54)23-46)31-44(5,40(60)64-21-17-52(11,12)29-36(56)25-48)33-45(6,41(61)65-22-18-53(13,14)30-37(57)26-49)32-43(3,4)39(59)63-20-16-51(9,10)28-35(55)24-47/h34-37,54-57H,15-33H2,1-14H3/q+4. The summed E-state index contributed by atoms with van der Waals surface area (Å²) in [5.41, 5.74) is -5.69. The van der Waals surface area contributed by atoms with Crippen LogP contribution >= 0.6 is 46.4 Å². The second kappa shape index (κ2) is 27.2. The number of carbonyl (C=O) groups excluding carboxylic acids is 4. The fourth-order valence-corrected chi connectivity index (χ4v) is 8.88. The molecule has 0 radical (unpaired) electrons. The first-order chi connectivity index (χ1) is 29.5. The van der Waals surface area contributed by atoms with Gasteiger partial charge in [-0.25, -0.2) is 0 Å². The van der Waals surface area contributed by atoms with E-state index in [1.807, 2.05) is 56.4 Å². The van der Waals surface area contributed by atoms with Crippen LogP contribution in [0.3, 0.4) is 0 Å². The summed E-state index contributed by atoms with van der Waals surface area (Å²) >= 11 is 23.4. The third-order valence-corrected chi connectivity index (χ3v) is 13.2. The number of likely N-dealkylation sites (N-methyl/N-ethyl adjacent to an activating group) is 4. The van der Waals surface area contributed by atoms with Crippen LogP contribution < -0.4 is 0 Å². The van der Waals surface area contributed by atoms with Crippen LogP contribution in [0.2, 0.25) is 0 Å². The van der Waals surface area contributed by atoms with Crippen molar-refractivity contribution in [3.63, 3.8) is 0 Å². The van der Waals surface area contributed by atoms with Gasteiger partial charge in [0.25, 0.3) is 0 Å². The number of ether oxygens (including phenoxy) is 4. The fraction of sp³-hybridized carbons (Fsp3) is 0.911. The average Bonchev–Trinajstić information content (AvgIpc) is 3.15. The van der Waals surface area contributed by atoms with Gasteiger partial charge in [0.05, 0.1) is 102 Å². The molecule has 6 unspecified atom stereocenters. The van der Waals surface area contributed by atoms with E-state index in [2.05, 4.69) is 0 Å². The molecule has 0 aromatic carbocycles. The molecule has 4 N–H and O–H groups in total. The summed E-state index contributed by atoms with van der Waals surface area (Å²) in [5.74, 6) is -2.34. The van der Waals surface area contributed by atoms with Crippen LogP contribution in [0, 0.1) is 21.7 Å². The highest BCUT2D eigenvalue weighted by Crippen LogP contribution is 2.49. The second-order valence-electron chi connectivity index (χ2n) is 22.6. The number of hydrogen-bond acceptors (Lipinski definition) is 12. The summed E-state index contributed by atoms with van der Waals surface area (Å²) < 4.78 is 24.8. The summed E-state index contributed by atoms with van der Waals surface area (Å²) in [4.78, 5) is 57.1.